The van der Waals surface area contributed by atoms with Crippen molar-refractivity contribution >= 4 is 21.8 Å². The van der Waals surface area contributed by atoms with E-state index in [1.807, 2.05) is 6.92 Å². The first-order valence-electron chi connectivity index (χ1n) is 8.07. The number of carbonyl (C=O) groups is 1. The highest BCUT2D eigenvalue weighted by molar-refractivity contribution is 9.10. The fraction of sp³-hybridized carbons (Fsp3) is 0.647. The monoisotopic (exact) mass is 366 g/mol. The normalized spacial score (nSPS) is 30.5. The average molecular weight is 367 g/mol. The van der Waals surface area contributed by atoms with Crippen molar-refractivity contribution in [1.29, 1.82) is 0 Å². The molecule has 0 bridgehead atoms. The quantitative estimate of drug-likeness (QED) is 0.867. The van der Waals surface area contributed by atoms with E-state index in [-0.39, 0.29) is 11.5 Å². The molecule has 1 N–H and O–H groups in total. The van der Waals surface area contributed by atoms with Gasteiger partial charge in [0.25, 0.3) is 11.5 Å². The number of hydrogen-bond acceptors (Lipinski definition) is 2. The van der Waals surface area contributed by atoms with Crippen LogP contribution in [0, 0.1) is 12.3 Å². The molecule has 0 unspecified atom stereocenters. The van der Waals surface area contributed by atoms with Gasteiger partial charge in [0.1, 0.15) is 11.4 Å². The maximum atomic E-state index is 12.6. The number of rotatable bonds is 2. The van der Waals surface area contributed by atoms with Crippen molar-refractivity contribution in [2.75, 3.05) is 0 Å². The van der Waals surface area contributed by atoms with E-state index >= 15 is 0 Å². The van der Waals surface area contributed by atoms with E-state index < -0.39 is 5.66 Å². The summed E-state index contributed by atoms with van der Waals surface area (Å²) in [6.45, 7) is 6.43. The molecular formula is C17H23BrN2O2. The summed E-state index contributed by atoms with van der Waals surface area (Å²) in [5.41, 5.74) is 1.09. The largest absolute Gasteiger partial charge is 0.327 e. The first kappa shape index (κ1) is 15.8. The van der Waals surface area contributed by atoms with Gasteiger partial charge >= 0.3 is 0 Å². The Morgan fingerprint density at radius 1 is 1.27 bits per heavy atom. The molecule has 2 heterocycles. The third-order valence-electron chi connectivity index (χ3n) is 5.47. The molecule has 5 heteroatoms. The molecule has 0 aromatic carbocycles. The molecule has 1 saturated carbocycles. The number of carbonyl (C=O) groups excluding carboxylic acids is 1. The summed E-state index contributed by atoms with van der Waals surface area (Å²) in [5, 5.41) is 3.13. The number of amides is 1. The highest BCUT2D eigenvalue weighted by atomic mass is 79.9. The Kier molecular flexibility index (Phi) is 3.75. The highest BCUT2D eigenvalue weighted by Gasteiger charge is 2.48. The zero-order valence-electron chi connectivity index (χ0n) is 13.5. The van der Waals surface area contributed by atoms with Crippen LogP contribution < -0.4 is 10.9 Å². The number of aryl methyl sites for hydroxylation is 1. The second kappa shape index (κ2) is 5.22. The molecule has 4 nitrogen and oxygen atoms in total. The number of fused-ring (bicyclic) bond motifs is 2. The van der Waals surface area contributed by atoms with Crippen molar-refractivity contribution in [2.45, 2.75) is 65.0 Å². The molecule has 1 aliphatic heterocycles. The number of nitrogens with zero attached hydrogens (tertiary/aromatic N) is 1. The zero-order valence-corrected chi connectivity index (χ0v) is 15.0. The van der Waals surface area contributed by atoms with Gasteiger partial charge in [0.2, 0.25) is 0 Å². The van der Waals surface area contributed by atoms with Gasteiger partial charge in [-0.15, -0.1) is 0 Å². The topological polar surface area (TPSA) is 51.1 Å². The maximum Gasteiger partial charge on any atom is 0.270 e. The van der Waals surface area contributed by atoms with Crippen LogP contribution in [0.5, 0.6) is 0 Å². The summed E-state index contributed by atoms with van der Waals surface area (Å²) >= 11 is 3.34. The van der Waals surface area contributed by atoms with E-state index in [9.17, 15) is 9.59 Å². The Balaban J connectivity index is 2.04. The molecule has 1 spiro atoms. The van der Waals surface area contributed by atoms with E-state index in [0.717, 1.165) is 31.2 Å². The number of pyridine rings is 1. The van der Waals surface area contributed by atoms with Crippen LogP contribution in [0.4, 0.5) is 0 Å². The van der Waals surface area contributed by atoms with Gasteiger partial charge in [-0.25, -0.2) is 0 Å². The summed E-state index contributed by atoms with van der Waals surface area (Å²) in [7, 11) is 0. The van der Waals surface area contributed by atoms with Crippen molar-refractivity contribution < 1.29 is 4.79 Å². The van der Waals surface area contributed by atoms with E-state index in [4.69, 9.17) is 0 Å². The molecule has 1 amide bonds. The van der Waals surface area contributed by atoms with Crippen LogP contribution in [0.25, 0.3) is 0 Å². The predicted molar refractivity (Wildman–Crippen MR) is 90.1 cm³/mol. The van der Waals surface area contributed by atoms with Crippen LogP contribution in [0.15, 0.2) is 15.3 Å². The van der Waals surface area contributed by atoms with E-state index in [2.05, 4.69) is 35.1 Å². The second-order valence-electron chi connectivity index (χ2n) is 7.21. The lowest BCUT2D eigenvalue weighted by Crippen LogP contribution is -2.51. The summed E-state index contributed by atoms with van der Waals surface area (Å²) in [4.78, 5) is 25.1. The molecule has 2 aliphatic rings. The van der Waals surface area contributed by atoms with Crippen LogP contribution in [-0.2, 0) is 5.66 Å². The predicted octanol–water partition coefficient (Wildman–Crippen LogP) is 3.70. The minimum atomic E-state index is -0.523. The summed E-state index contributed by atoms with van der Waals surface area (Å²) in [6, 6.07) is 1.75. The minimum Gasteiger partial charge on any atom is -0.327 e. The molecule has 1 aliphatic carbocycles. The Hall–Kier alpha value is -1.10. The van der Waals surface area contributed by atoms with Crippen LogP contribution in [0.2, 0.25) is 0 Å². The lowest BCUT2D eigenvalue weighted by atomic mass is 9.69. The first-order chi connectivity index (χ1) is 10.3. The van der Waals surface area contributed by atoms with Gasteiger partial charge in [-0.1, -0.05) is 20.3 Å². The Bertz CT molecular complexity index is 685. The fourth-order valence-electron chi connectivity index (χ4n) is 4.19. The molecule has 0 radical (unpaired) electrons. The van der Waals surface area contributed by atoms with E-state index in [1.54, 1.807) is 10.6 Å². The number of hydrogen-bond donors (Lipinski definition) is 1. The SMILES string of the molecule is CCCC1(C)CCC2(CC1)NC(=O)c1c(C)cc(Br)c(=O)n12. The molecular weight excluding hydrogens is 344 g/mol. The van der Waals surface area contributed by atoms with E-state index in [0.29, 0.717) is 15.6 Å². The molecule has 0 atom stereocenters. The Morgan fingerprint density at radius 2 is 1.91 bits per heavy atom. The van der Waals surface area contributed by atoms with Gasteiger partial charge < -0.3 is 5.32 Å². The molecule has 1 aromatic rings. The van der Waals surface area contributed by atoms with Crippen molar-refractivity contribution in [1.82, 2.24) is 9.88 Å². The lowest BCUT2D eigenvalue weighted by Gasteiger charge is -2.43. The Morgan fingerprint density at radius 3 is 2.50 bits per heavy atom. The first-order valence-corrected chi connectivity index (χ1v) is 8.86. The van der Waals surface area contributed by atoms with Gasteiger partial charge in [-0.2, -0.15) is 0 Å². The fourth-order valence-corrected chi connectivity index (χ4v) is 4.71. The third kappa shape index (κ3) is 2.25. The molecule has 1 aromatic heterocycles. The van der Waals surface area contributed by atoms with Crippen molar-refractivity contribution in [3.8, 4) is 0 Å². The summed E-state index contributed by atoms with van der Waals surface area (Å²) in [5.74, 6) is -0.110. The highest BCUT2D eigenvalue weighted by Crippen LogP contribution is 2.47. The summed E-state index contributed by atoms with van der Waals surface area (Å²) in [6.07, 6.45) is 6.13. The summed E-state index contributed by atoms with van der Waals surface area (Å²) < 4.78 is 2.26. The van der Waals surface area contributed by atoms with Crippen molar-refractivity contribution in [3.63, 3.8) is 0 Å². The standard InChI is InChI=1S/C17H23BrN2O2/c1-4-5-16(3)6-8-17(9-7-16)19-14(21)13-11(2)10-12(18)15(22)20(13)17/h10H,4-9H2,1-3H3,(H,19,21). The molecule has 22 heavy (non-hydrogen) atoms. The van der Waals surface area contributed by atoms with Crippen LogP contribution in [-0.4, -0.2) is 10.5 Å². The number of aromatic nitrogens is 1. The van der Waals surface area contributed by atoms with Gasteiger partial charge in [-0.05, 0) is 72.0 Å². The third-order valence-corrected chi connectivity index (χ3v) is 6.04. The average Bonchev–Trinajstić information content (AvgIpc) is 2.74. The number of nitrogens with one attached hydrogen (secondary N) is 1. The molecule has 3 rings (SSSR count). The molecule has 1 fully saturated rings. The smallest absolute Gasteiger partial charge is 0.270 e. The van der Waals surface area contributed by atoms with Gasteiger partial charge in [-0.3, -0.25) is 14.2 Å². The lowest BCUT2D eigenvalue weighted by molar-refractivity contribution is 0.0638. The van der Waals surface area contributed by atoms with E-state index in [1.165, 1.54) is 12.8 Å². The zero-order chi connectivity index (χ0) is 16.1. The van der Waals surface area contributed by atoms with Crippen LogP contribution >= 0.6 is 15.9 Å². The maximum absolute atomic E-state index is 12.6. The molecule has 0 saturated heterocycles. The van der Waals surface area contributed by atoms with Crippen molar-refractivity contribution in [3.05, 3.63) is 32.2 Å². The van der Waals surface area contributed by atoms with Crippen LogP contribution in [0.1, 0.15) is 68.4 Å². The molecule has 120 valence electrons. The Labute approximate surface area is 139 Å². The minimum absolute atomic E-state index is 0.0990. The van der Waals surface area contributed by atoms with Crippen molar-refractivity contribution in [2.24, 2.45) is 5.41 Å². The van der Waals surface area contributed by atoms with Crippen LogP contribution in [0.3, 0.4) is 0 Å². The van der Waals surface area contributed by atoms with Gasteiger partial charge in [0, 0.05) is 0 Å². The number of halogens is 1. The van der Waals surface area contributed by atoms with Gasteiger partial charge in [0.05, 0.1) is 4.47 Å². The van der Waals surface area contributed by atoms with Gasteiger partial charge in [0.15, 0.2) is 0 Å². The second-order valence-corrected chi connectivity index (χ2v) is 8.07.